The van der Waals surface area contributed by atoms with Crippen molar-refractivity contribution in [1.82, 2.24) is 14.3 Å². The quantitative estimate of drug-likeness (QED) is 0.803. The van der Waals surface area contributed by atoms with Crippen LogP contribution >= 0.6 is 11.3 Å². The second-order valence-corrected chi connectivity index (χ2v) is 8.62. The second kappa shape index (κ2) is 6.84. The molecule has 0 aliphatic carbocycles. The number of sulfonamides is 1. The fourth-order valence-corrected chi connectivity index (χ4v) is 5.41. The van der Waals surface area contributed by atoms with E-state index in [1.54, 1.807) is 6.07 Å². The summed E-state index contributed by atoms with van der Waals surface area (Å²) in [6.07, 6.45) is 3.88. The molecule has 2 aromatic heterocycles. The molecule has 1 atom stereocenters. The minimum Gasteiger partial charge on any atom is -0.471 e. The van der Waals surface area contributed by atoms with Gasteiger partial charge in [0.05, 0.1) is 6.54 Å². The van der Waals surface area contributed by atoms with E-state index in [1.165, 1.54) is 28.0 Å². The zero-order valence-corrected chi connectivity index (χ0v) is 14.7. The lowest BCUT2D eigenvalue weighted by molar-refractivity contribution is 0.205. The van der Waals surface area contributed by atoms with Crippen LogP contribution in [-0.4, -0.2) is 41.9 Å². The molecule has 126 valence electrons. The molecule has 1 fully saturated rings. The summed E-state index contributed by atoms with van der Waals surface area (Å²) < 4.78 is 32.8. The van der Waals surface area contributed by atoms with Crippen LogP contribution in [0, 0.1) is 11.3 Å². The molecule has 0 bridgehead atoms. The fourth-order valence-electron chi connectivity index (χ4n) is 2.47. The number of thiophene rings is 1. The lowest BCUT2D eigenvalue weighted by Gasteiger charge is -2.16. The third-order valence-electron chi connectivity index (χ3n) is 3.74. The highest BCUT2D eigenvalue weighted by atomic mass is 32.2. The summed E-state index contributed by atoms with van der Waals surface area (Å²) in [6, 6.07) is 5.42. The predicted molar refractivity (Wildman–Crippen MR) is 88.2 cm³/mol. The van der Waals surface area contributed by atoms with Crippen molar-refractivity contribution in [3.63, 3.8) is 0 Å². The first-order chi connectivity index (χ1) is 11.5. The van der Waals surface area contributed by atoms with Crippen LogP contribution in [0.15, 0.2) is 28.7 Å². The average Bonchev–Trinajstić information content (AvgIpc) is 3.25. The Kier molecular flexibility index (Phi) is 4.80. The molecule has 0 saturated carbocycles. The van der Waals surface area contributed by atoms with Gasteiger partial charge in [-0.1, -0.05) is 6.92 Å². The molecule has 0 spiro atoms. The maximum absolute atomic E-state index is 12.7. The normalized spacial score (nSPS) is 18.4. The van der Waals surface area contributed by atoms with E-state index in [0.29, 0.717) is 17.2 Å². The molecule has 24 heavy (non-hydrogen) atoms. The van der Waals surface area contributed by atoms with Crippen LogP contribution in [-0.2, 0) is 16.4 Å². The average molecular weight is 364 g/mol. The Hall–Kier alpha value is -2.02. The van der Waals surface area contributed by atoms with Crippen LogP contribution in [0.3, 0.4) is 0 Å². The lowest BCUT2D eigenvalue weighted by atomic mass is 10.3. The van der Waals surface area contributed by atoms with Gasteiger partial charge in [0.1, 0.15) is 16.4 Å². The van der Waals surface area contributed by atoms with Gasteiger partial charge in [-0.25, -0.2) is 18.4 Å². The fraction of sp³-hybridized carbons (Fsp3) is 0.400. The molecule has 2 aromatic rings. The predicted octanol–water partition coefficient (Wildman–Crippen LogP) is 1.81. The molecular weight excluding hydrogens is 348 g/mol. The molecule has 1 unspecified atom stereocenters. The highest BCUT2D eigenvalue weighted by Gasteiger charge is 2.35. The number of nitriles is 1. The van der Waals surface area contributed by atoms with Crippen molar-refractivity contribution in [3.05, 3.63) is 35.1 Å². The van der Waals surface area contributed by atoms with Crippen molar-refractivity contribution in [2.75, 3.05) is 13.1 Å². The van der Waals surface area contributed by atoms with Crippen molar-refractivity contribution in [2.45, 2.75) is 30.1 Å². The number of ether oxygens (including phenoxy) is 1. The zero-order chi connectivity index (χ0) is 17.2. The van der Waals surface area contributed by atoms with E-state index in [2.05, 4.69) is 9.97 Å². The van der Waals surface area contributed by atoms with E-state index in [1.807, 2.05) is 19.1 Å². The number of nitrogens with zero attached hydrogens (tertiary/aromatic N) is 4. The van der Waals surface area contributed by atoms with Crippen molar-refractivity contribution in [2.24, 2.45) is 0 Å². The number of hydrogen-bond donors (Lipinski definition) is 0. The Morgan fingerprint density at radius 1 is 1.42 bits per heavy atom. The number of aryl methyl sites for hydroxylation is 1. The summed E-state index contributed by atoms with van der Waals surface area (Å²) in [4.78, 5) is 8.93. The molecule has 0 amide bonds. The maximum atomic E-state index is 12.7. The molecule has 3 rings (SSSR count). The van der Waals surface area contributed by atoms with Gasteiger partial charge in [-0.15, -0.1) is 11.3 Å². The Bertz CT molecular complexity index is 873. The third kappa shape index (κ3) is 3.26. The summed E-state index contributed by atoms with van der Waals surface area (Å²) in [5, 5.41) is 9.01. The monoisotopic (exact) mass is 364 g/mol. The topological polar surface area (TPSA) is 96.2 Å². The highest BCUT2D eigenvalue weighted by molar-refractivity contribution is 7.91. The molecular formula is C15H16N4O3S2. The van der Waals surface area contributed by atoms with E-state index in [-0.39, 0.29) is 24.2 Å². The van der Waals surface area contributed by atoms with Crippen LogP contribution in [0.4, 0.5) is 0 Å². The summed E-state index contributed by atoms with van der Waals surface area (Å²) >= 11 is 1.30. The van der Waals surface area contributed by atoms with Crippen LogP contribution in [0.2, 0.25) is 0 Å². The van der Waals surface area contributed by atoms with Gasteiger partial charge < -0.3 is 4.74 Å². The van der Waals surface area contributed by atoms with Crippen molar-refractivity contribution < 1.29 is 13.2 Å². The summed E-state index contributed by atoms with van der Waals surface area (Å²) in [5.41, 5.74) is 0.102. The lowest BCUT2D eigenvalue weighted by Crippen LogP contribution is -2.30. The first-order valence-corrected chi connectivity index (χ1v) is 9.77. The maximum Gasteiger partial charge on any atom is 0.252 e. The van der Waals surface area contributed by atoms with E-state index in [4.69, 9.17) is 10.00 Å². The second-order valence-electron chi connectivity index (χ2n) is 5.29. The highest BCUT2D eigenvalue weighted by Crippen LogP contribution is 2.28. The molecule has 0 aromatic carbocycles. The van der Waals surface area contributed by atoms with E-state index < -0.39 is 10.0 Å². The standard InChI is InChI=1S/C15H16N4O3S2/c1-2-12-3-4-14(23-12)24(20,21)19-8-5-11(10-19)22-15-13(9-16)17-6-7-18-15/h3-4,6-7,11H,2,5,8,10H2,1H3. The van der Waals surface area contributed by atoms with E-state index in [9.17, 15) is 8.42 Å². The minimum absolute atomic E-state index is 0.102. The van der Waals surface area contributed by atoms with Crippen LogP contribution in [0.5, 0.6) is 5.88 Å². The van der Waals surface area contributed by atoms with Crippen LogP contribution in [0.25, 0.3) is 0 Å². The first-order valence-electron chi connectivity index (χ1n) is 7.51. The zero-order valence-electron chi connectivity index (χ0n) is 13.0. The van der Waals surface area contributed by atoms with Gasteiger partial charge in [0, 0.05) is 23.8 Å². The number of rotatable bonds is 5. The SMILES string of the molecule is CCc1ccc(S(=O)(=O)N2CCC(Oc3nccnc3C#N)C2)s1. The number of aromatic nitrogens is 2. The van der Waals surface area contributed by atoms with Gasteiger partial charge in [-0.05, 0) is 25.0 Å². The smallest absolute Gasteiger partial charge is 0.252 e. The van der Waals surface area contributed by atoms with Gasteiger partial charge in [0.15, 0.2) is 0 Å². The Balaban J connectivity index is 1.72. The third-order valence-corrected chi connectivity index (χ3v) is 7.30. The molecule has 1 aliphatic heterocycles. The molecule has 1 aliphatic rings. The Labute approximate surface area is 144 Å². The minimum atomic E-state index is -3.50. The molecule has 0 radical (unpaired) electrons. The van der Waals surface area contributed by atoms with E-state index in [0.717, 1.165) is 11.3 Å². The molecule has 0 N–H and O–H groups in total. The number of hydrogen-bond acceptors (Lipinski definition) is 7. The van der Waals surface area contributed by atoms with Crippen molar-refractivity contribution in [1.29, 1.82) is 5.26 Å². The summed E-state index contributed by atoms with van der Waals surface area (Å²) in [5.74, 6) is 0.147. The summed E-state index contributed by atoms with van der Waals surface area (Å²) in [7, 11) is -3.50. The van der Waals surface area contributed by atoms with Crippen molar-refractivity contribution in [3.8, 4) is 11.9 Å². The Morgan fingerprint density at radius 2 is 2.21 bits per heavy atom. The Morgan fingerprint density at radius 3 is 2.92 bits per heavy atom. The summed E-state index contributed by atoms with van der Waals surface area (Å²) in [6.45, 7) is 2.62. The van der Waals surface area contributed by atoms with Crippen LogP contribution in [0.1, 0.15) is 23.9 Å². The molecule has 9 heteroatoms. The molecule has 3 heterocycles. The van der Waals surface area contributed by atoms with Gasteiger partial charge in [-0.2, -0.15) is 9.57 Å². The van der Waals surface area contributed by atoms with Gasteiger partial charge in [0.2, 0.25) is 5.69 Å². The van der Waals surface area contributed by atoms with Crippen LogP contribution < -0.4 is 4.74 Å². The largest absolute Gasteiger partial charge is 0.471 e. The molecule has 7 nitrogen and oxygen atoms in total. The van der Waals surface area contributed by atoms with Crippen molar-refractivity contribution >= 4 is 21.4 Å². The van der Waals surface area contributed by atoms with Gasteiger partial charge >= 0.3 is 0 Å². The van der Waals surface area contributed by atoms with Gasteiger partial charge in [-0.3, -0.25) is 0 Å². The molecule has 1 saturated heterocycles. The van der Waals surface area contributed by atoms with E-state index >= 15 is 0 Å². The first kappa shape index (κ1) is 16.8. The van der Waals surface area contributed by atoms with Gasteiger partial charge in [0.25, 0.3) is 15.9 Å².